The molecule has 2 unspecified atom stereocenters. The molecule has 0 aliphatic carbocycles. The second-order valence-electron chi connectivity index (χ2n) is 7.43. The second kappa shape index (κ2) is 9.48. The van der Waals surface area contributed by atoms with E-state index in [-0.39, 0.29) is 11.7 Å². The van der Waals surface area contributed by atoms with Crippen molar-refractivity contribution in [1.29, 1.82) is 5.26 Å². The third kappa shape index (κ3) is 4.77. The van der Waals surface area contributed by atoms with Crippen LogP contribution in [0.1, 0.15) is 48.5 Å². The number of nitriles is 1. The number of nitrogens with one attached hydrogen (secondary N) is 2. The predicted molar refractivity (Wildman–Crippen MR) is 125 cm³/mol. The van der Waals surface area contributed by atoms with Crippen LogP contribution in [0, 0.1) is 11.3 Å². The minimum absolute atomic E-state index is 0.101. The molecule has 3 aromatic heterocycles. The number of benzene rings is 1. The Morgan fingerprint density at radius 1 is 1.27 bits per heavy atom. The molecule has 0 aliphatic heterocycles. The Morgan fingerprint density at radius 2 is 2.03 bits per heavy atom. The highest BCUT2D eigenvalue weighted by Gasteiger charge is 2.19. The Hall–Kier alpha value is -3.61. The number of H-pyrrole nitrogens is 1. The molecule has 0 spiro atoms. The summed E-state index contributed by atoms with van der Waals surface area (Å²) in [5, 5.41) is 24.2. The van der Waals surface area contributed by atoms with E-state index >= 15 is 0 Å². The average molecular weight is 484 g/mol. The number of hydrogen-bond donors (Lipinski definition) is 2. The van der Waals surface area contributed by atoms with Gasteiger partial charge in [-0.1, -0.05) is 23.2 Å². The molecular formula is C22H19Cl2N7O2. The SMILES string of the molecule is CC(Oc1ccc2[nH]nc(C(=O)Nc3cnn(C(C)CC#N)c3)c2c1)c1c(Cl)cncc1Cl. The van der Waals surface area contributed by atoms with Crippen LogP contribution in [0.15, 0.2) is 43.0 Å². The number of hydrogen-bond acceptors (Lipinski definition) is 6. The molecule has 168 valence electrons. The lowest BCUT2D eigenvalue weighted by Crippen LogP contribution is -2.12. The van der Waals surface area contributed by atoms with Crippen molar-refractivity contribution in [2.45, 2.75) is 32.4 Å². The Bertz CT molecular complexity index is 1340. The highest BCUT2D eigenvalue weighted by atomic mass is 35.5. The molecule has 2 atom stereocenters. The summed E-state index contributed by atoms with van der Waals surface area (Å²) in [6.45, 7) is 3.70. The lowest BCUT2D eigenvalue weighted by atomic mass is 10.1. The maximum Gasteiger partial charge on any atom is 0.276 e. The van der Waals surface area contributed by atoms with Crippen molar-refractivity contribution in [3.8, 4) is 11.8 Å². The number of anilines is 1. The number of carbonyl (C=O) groups excluding carboxylic acids is 1. The van der Waals surface area contributed by atoms with Gasteiger partial charge in [0.1, 0.15) is 11.9 Å². The van der Waals surface area contributed by atoms with Gasteiger partial charge in [0.2, 0.25) is 0 Å². The minimum Gasteiger partial charge on any atom is -0.486 e. The Balaban J connectivity index is 1.54. The first-order chi connectivity index (χ1) is 15.9. The van der Waals surface area contributed by atoms with Crippen molar-refractivity contribution in [3.63, 3.8) is 0 Å². The number of amides is 1. The molecule has 11 heteroatoms. The molecule has 0 fully saturated rings. The van der Waals surface area contributed by atoms with Gasteiger partial charge < -0.3 is 10.1 Å². The van der Waals surface area contributed by atoms with Crippen molar-refractivity contribution in [2.24, 2.45) is 0 Å². The molecule has 0 bridgehead atoms. The van der Waals surface area contributed by atoms with Crippen molar-refractivity contribution in [3.05, 3.63) is 64.3 Å². The van der Waals surface area contributed by atoms with Crippen molar-refractivity contribution < 1.29 is 9.53 Å². The van der Waals surface area contributed by atoms with Crippen LogP contribution in [0.25, 0.3) is 10.9 Å². The van der Waals surface area contributed by atoms with Gasteiger partial charge in [-0.15, -0.1) is 0 Å². The molecule has 1 amide bonds. The number of aromatic amines is 1. The van der Waals surface area contributed by atoms with Crippen LogP contribution >= 0.6 is 23.2 Å². The molecule has 2 N–H and O–H groups in total. The topological polar surface area (TPSA) is 122 Å². The van der Waals surface area contributed by atoms with E-state index in [2.05, 4.69) is 31.7 Å². The largest absolute Gasteiger partial charge is 0.486 e. The highest BCUT2D eigenvalue weighted by Crippen LogP contribution is 2.33. The summed E-state index contributed by atoms with van der Waals surface area (Å²) in [6.07, 6.45) is 6.08. The normalized spacial score (nSPS) is 12.8. The quantitative estimate of drug-likeness (QED) is 0.366. The number of halogens is 2. The van der Waals surface area contributed by atoms with Crippen LogP contribution in [0.3, 0.4) is 0 Å². The molecular weight excluding hydrogens is 465 g/mol. The summed E-state index contributed by atoms with van der Waals surface area (Å²) in [7, 11) is 0. The molecule has 0 aliphatic rings. The molecule has 0 saturated carbocycles. The molecule has 4 rings (SSSR count). The maximum atomic E-state index is 12.9. The van der Waals surface area contributed by atoms with Gasteiger partial charge >= 0.3 is 0 Å². The molecule has 3 heterocycles. The number of nitrogens with zero attached hydrogens (tertiary/aromatic N) is 5. The predicted octanol–water partition coefficient (Wildman–Crippen LogP) is 5.33. The number of rotatable bonds is 7. The number of aromatic nitrogens is 5. The third-order valence-corrected chi connectivity index (χ3v) is 5.66. The zero-order chi connectivity index (χ0) is 23.5. The molecule has 1 aromatic carbocycles. The lowest BCUT2D eigenvalue weighted by Gasteiger charge is -2.17. The van der Waals surface area contributed by atoms with Crippen LogP contribution in [0.4, 0.5) is 5.69 Å². The summed E-state index contributed by atoms with van der Waals surface area (Å²) < 4.78 is 7.66. The highest BCUT2D eigenvalue weighted by molar-refractivity contribution is 6.35. The summed E-state index contributed by atoms with van der Waals surface area (Å²) in [4.78, 5) is 16.8. The van der Waals surface area contributed by atoms with Gasteiger partial charge in [-0.2, -0.15) is 15.5 Å². The van der Waals surface area contributed by atoms with Gasteiger partial charge in [-0.05, 0) is 32.0 Å². The van der Waals surface area contributed by atoms with Crippen LogP contribution in [0.2, 0.25) is 10.0 Å². The number of pyridine rings is 1. The van der Waals surface area contributed by atoms with Crippen LogP contribution < -0.4 is 10.1 Å². The monoisotopic (exact) mass is 483 g/mol. The second-order valence-corrected chi connectivity index (χ2v) is 8.25. The van der Waals surface area contributed by atoms with Crippen molar-refractivity contribution in [2.75, 3.05) is 5.32 Å². The van der Waals surface area contributed by atoms with Crippen molar-refractivity contribution >= 4 is 45.7 Å². The van der Waals surface area contributed by atoms with E-state index in [9.17, 15) is 4.79 Å². The number of fused-ring (bicyclic) bond motifs is 1. The fraction of sp³-hybridized carbons (Fsp3) is 0.227. The first-order valence-corrected chi connectivity index (χ1v) is 10.8. The van der Waals surface area contributed by atoms with Crippen LogP contribution in [0.5, 0.6) is 5.75 Å². The summed E-state index contributed by atoms with van der Waals surface area (Å²) in [5.41, 5.74) is 2.02. The summed E-state index contributed by atoms with van der Waals surface area (Å²) >= 11 is 12.5. The van der Waals surface area contributed by atoms with Crippen LogP contribution in [-0.4, -0.2) is 30.9 Å². The first kappa shape index (κ1) is 22.6. The van der Waals surface area contributed by atoms with Gasteiger partial charge in [0.15, 0.2) is 5.69 Å². The van der Waals surface area contributed by atoms with Gasteiger partial charge in [0.25, 0.3) is 5.91 Å². The standard InChI is InChI=1S/C22H19Cl2N7O2/c1-12(5-6-25)31-11-14(8-27-31)28-22(32)21-16-7-15(3-4-19(16)29-30-21)33-13(2)20-17(23)9-26-10-18(20)24/h3-4,7-13H,5H2,1-2H3,(H,28,32)(H,29,30). The number of ether oxygens (including phenoxy) is 1. The fourth-order valence-corrected chi connectivity index (χ4v) is 4.04. The van der Waals surface area contributed by atoms with E-state index in [1.165, 1.54) is 18.6 Å². The van der Waals surface area contributed by atoms with Gasteiger partial charge in [-0.3, -0.25) is 19.6 Å². The zero-order valence-corrected chi connectivity index (χ0v) is 19.2. The van der Waals surface area contributed by atoms with E-state index in [4.69, 9.17) is 33.2 Å². The molecule has 0 saturated heterocycles. The minimum atomic E-state index is -0.448. The molecule has 4 aromatic rings. The first-order valence-electron chi connectivity index (χ1n) is 10.0. The fourth-order valence-electron chi connectivity index (χ4n) is 3.37. The van der Waals surface area contributed by atoms with E-state index < -0.39 is 12.0 Å². The van der Waals surface area contributed by atoms with E-state index in [1.54, 1.807) is 29.1 Å². The van der Waals surface area contributed by atoms with Gasteiger partial charge in [0, 0.05) is 29.5 Å². The summed E-state index contributed by atoms with van der Waals surface area (Å²) in [5.74, 6) is 0.117. The Labute approximate surface area is 199 Å². The average Bonchev–Trinajstić information content (AvgIpc) is 3.40. The number of carbonyl (C=O) groups is 1. The van der Waals surface area contributed by atoms with Gasteiger partial charge in [0.05, 0.1) is 46.0 Å². The zero-order valence-electron chi connectivity index (χ0n) is 17.7. The lowest BCUT2D eigenvalue weighted by molar-refractivity contribution is 0.102. The smallest absolute Gasteiger partial charge is 0.276 e. The molecule has 33 heavy (non-hydrogen) atoms. The van der Waals surface area contributed by atoms with E-state index in [0.29, 0.717) is 44.4 Å². The summed E-state index contributed by atoms with van der Waals surface area (Å²) in [6, 6.07) is 7.27. The Kier molecular flexibility index (Phi) is 6.49. The van der Waals surface area contributed by atoms with Crippen molar-refractivity contribution in [1.82, 2.24) is 25.0 Å². The van der Waals surface area contributed by atoms with Crippen LogP contribution in [-0.2, 0) is 0 Å². The molecule has 9 nitrogen and oxygen atoms in total. The van der Waals surface area contributed by atoms with Gasteiger partial charge in [-0.25, -0.2) is 0 Å². The van der Waals surface area contributed by atoms with E-state index in [1.807, 2.05) is 13.8 Å². The Morgan fingerprint density at radius 3 is 2.76 bits per heavy atom. The third-order valence-electron chi connectivity index (χ3n) is 5.06. The maximum absolute atomic E-state index is 12.9. The molecule has 0 radical (unpaired) electrons. The van der Waals surface area contributed by atoms with E-state index in [0.717, 1.165) is 0 Å².